The van der Waals surface area contributed by atoms with Gasteiger partial charge in [-0.1, -0.05) is 94.8 Å². The van der Waals surface area contributed by atoms with Crippen molar-refractivity contribution in [3.05, 3.63) is 89.7 Å². The van der Waals surface area contributed by atoms with E-state index < -0.39 is 0 Å². The van der Waals surface area contributed by atoms with Crippen LogP contribution in [-0.2, 0) is 0 Å². The Bertz CT molecular complexity index is 874. The third-order valence-corrected chi connectivity index (χ3v) is 5.64. The summed E-state index contributed by atoms with van der Waals surface area (Å²) in [6.45, 7) is 18.8. The van der Waals surface area contributed by atoms with Crippen LogP contribution in [0.3, 0.4) is 0 Å². The van der Waals surface area contributed by atoms with Crippen LogP contribution in [0.5, 0.6) is 0 Å². The number of hydrogen-bond acceptors (Lipinski definition) is 2. The summed E-state index contributed by atoms with van der Waals surface area (Å²) in [6.07, 6.45) is 12.7. The van der Waals surface area contributed by atoms with E-state index in [0.717, 1.165) is 11.4 Å². The van der Waals surface area contributed by atoms with Gasteiger partial charge in [0.15, 0.2) is 0 Å². The molecule has 0 saturated heterocycles. The molecule has 162 valence electrons. The molecule has 2 nitrogen and oxygen atoms in total. The van der Waals surface area contributed by atoms with Crippen molar-refractivity contribution in [2.75, 3.05) is 14.1 Å². The van der Waals surface area contributed by atoms with E-state index in [1.807, 2.05) is 26.0 Å². The number of rotatable bonds is 7. The van der Waals surface area contributed by atoms with Gasteiger partial charge in [-0.15, -0.1) is 0 Å². The average Bonchev–Trinajstić information content (AvgIpc) is 3.05. The van der Waals surface area contributed by atoms with Gasteiger partial charge in [0.25, 0.3) is 0 Å². The normalized spacial score (nSPS) is 17.3. The van der Waals surface area contributed by atoms with Crippen LogP contribution >= 0.6 is 0 Å². The van der Waals surface area contributed by atoms with Crippen LogP contribution in [0.2, 0.25) is 0 Å². The van der Waals surface area contributed by atoms with E-state index in [9.17, 15) is 0 Å². The summed E-state index contributed by atoms with van der Waals surface area (Å²) in [4.78, 5) is 6.98. The van der Waals surface area contributed by atoms with Crippen molar-refractivity contribution in [1.82, 2.24) is 4.90 Å². The molecule has 0 aromatic heterocycles. The minimum absolute atomic E-state index is 0.0855. The summed E-state index contributed by atoms with van der Waals surface area (Å²) in [5.41, 5.74) is 7.16. The molecular weight excluding hydrogens is 364 g/mol. The minimum Gasteiger partial charge on any atom is -0.380 e. The molecule has 1 aromatic carbocycles. The van der Waals surface area contributed by atoms with Crippen molar-refractivity contribution < 1.29 is 0 Å². The van der Waals surface area contributed by atoms with Crippen molar-refractivity contribution >= 4 is 11.4 Å². The molecular formula is C28H40N2. The van der Waals surface area contributed by atoms with Crippen LogP contribution in [-0.4, -0.2) is 24.7 Å². The Hall–Kier alpha value is -2.61. The van der Waals surface area contributed by atoms with Crippen molar-refractivity contribution in [2.24, 2.45) is 10.4 Å². The summed E-state index contributed by atoms with van der Waals surface area (Å²) in [6, 6.07) is 8.39. The number of fused-ring (bicyclic) bond motifs is 1. The first kappa shape index (κ1) is 25.4. The molecule has 1 unspecified atom stereocenters. The minimum atomic E-state index is -0.0855. The molecule has 0 spiro atoms. The Morgan fingerprint density at radius 3 is 2.27 bits per heavy atom. The lowest BCUT2D eigenvalue weighted by Crippen LogP contribution is -2.27. The summed E-state index contributed by atoms with van der Waals surface area (Å²) >= 11 is 0. The monoisotopic (exact) mass is 404 g/mol. The molecule has 2 rings (SSSR count). The molecule has 0 N–H and O–H groups in total. The molecule has 0 fully saturated rings. The number of hydrogen-bond donors (Lipinski definition) is 0. The van der Waals surface area contributed by atoms with E-state index in [1.54, 1.807) is 0 Å². The van der Waals surface area contributed by atoms with Crippen LogP contribution in [0.4, 0.5) is 5.69 Å². The van der Waals surface area contributed by atoms with Crippen molar-refractivity contribution in [3.63, 3.8) is 0 Å². The first-order valence-corrected chi connectivity index (χ1v) is 10.9. The molecule has 30 heavy (non-hydrogen) atoms. The molecule has 2 heteroatoms. The number of allylic oxidation sites excluding steroid dienone is 8. The Morgan fingerprint density at radius 2 is 1.70 bits per heavy atom. The Labute approximate surface area is 185 Å². The maximum atomic E-state index is 4.79. The largest absolute Gasteiger partial charge is 0.380 e. The lowest BCUT2D eigenvalue weighted by Gasteiger charge is -2.34. The van der Waals surface area contributed by atoms with Gasteiger partial charge in [-0.25, -0.2) is 0 Å². The van der Waals surface area contributed by atoms with E-state index in [0.29, 0.717) is 5.92 Å². The average molecular weight is 405 g/mol. The molecule has 0 amide bonds. The van der Waals surface area contributed by atoms with Crippen LogP contribution in [0.15, 0.2) is 89.1 Å². The Morgan fingerprint density at radius 1 is 1.07 bits per heavy atom. The first-order chi connectivity index (χ1) is 14.2. The highest BCUT2D eigenvalue weighted by Crippen LogP contribution is 2.37. The quantitative estimate of drug-likeness (QED) is 0.420. The summed E-state index contributed by atoms with van der Waals surface area (Å²) in [5, 5.41) is 0. The van der Waals surface area contributed by atoms with Crippen molar-refractivity contribution in [3.8, 4) is 0 Å². The number of aliphatic imine (C=N–C) groups is 1. The third kappa shape index (κ3) is 6.19. The molecule has 1 aliphatic heterocycles. The van der Waals surface area contributed by atoms with Gasteiger partial charge in [0.2, 0.25) is 0 Å². The predicted molar refractivity (Wildman–Crippen MR) is 136 cm³/mol. The van der Waals surface area contributed by atoms with Gasteiger partial charge < -0.3 is 4.90 Å². The molecule has 0 aliphatic carbocycles. The topological polar surface area (TPSA) is 15.6 Å². The van der Waals surface area contributed by atoms with Gasteiger partial charge in [0.1, 0.15) is 0 Å². The number of nitrogens with zero attached hydrogens (tertiary/aromatic N) is 2. The second-order valence-electron chi connectivity index (χ2n) is 8.21. The zero-order valence-electron chi connectivity index (χ0n) is 20.5. The van der Waals surface area contributed by atoms with Gasteiger partial charge in [0, 0.05) is 36.8 Å². The number of para-hydroxylation sites is 1. The predicted octanol–water partition coefficient (Wildman–Crippen LogP) is 8.01. The smallest absolute Gasteiger partial charge is 0.0671 e. The van der Waals surface area contributed by atoms with Crippen LogP contribution in [0.25, 0.3) is 0 Å². The van der Waals surface area contributed by atoms with Gasteiger partial charge in [-0.05, 0) is 37.6 Å². The standard InChI is InChI=1S/C26H34N2.C2H6/c1-9-19(2)17-18-20(3)26(5,6)25(28(7)8)16-12-15-23-21(4)22-13-10-11-14-24(22)27-23;1-2/h9-18,21H,1H2,2-8H3;1-2H3/b15-12+,19-17-,20-18+,25-16-;. The fourth-order valence-corrected chi connectivity index (χ4v) is 3.42. The van der Waals surface area contributed by atoms with Gasteiger partial charge in [-0.2, -0.15) is 0 Å². The van der Waals surface area contributed by atoms with Gasteiger partial charge in [0.05, 0.1) is 5.69 Å². The van der Waals surface area contributed by atoms with Crippen LogP contribution in [0, 0.1) is 5.41 Å². The van der Waals surface area contributed by atoms with Crippen LogP contribution < -0.4 is 0 Å². The molecule has 0 saturated carbocycles. The van der Waals surface area contributed by atoms with E-state index in [1.165, 1.54) is 22.4 Å². The summed E-state index contributed by atoms with van der Waals surface area (Å²) in [7, 11) is 4.20. The summed E-state index contributed by atoms with van der Waals surface area (Å²) in [5.74, 6) is 0.338. The van der Waals surface area contributed by atoms with Gasteiger partial charge in [-0.3, -0.25) is 4.99 Å². The fourth-order valence-electron chi connectivity index (χ4n) is 3.42. The molecule has 1 heterocycles. The second-order valence-corrected chi connectivity index (χ2v) is 8.21. The van der Waals surface area contributed by atoms with Gasteiger partial charge >= 0.3 is 0 Å². The van der Waals surface area contributed by atoms with E-state index >= 15 is 0 Å². The van der Waals surface area contributed by atoms with E-state index in [4.69, 9.17) is 4.99 Å². The first-order valence-electron chi connectivity index (χ1n) is 10.9. The summed E-state index contributed by atoms with van der Waals surface area (Å²) < 4.78 is 0. The lowest BCUT2D eigenvalue weighted by molar-refractivity contribution is 0.371. The maximum Gasteiger partial charge on any atom is 0.0671 e. The molecule has 0 radical (unpaired) electrons. The fraction of sp³-hybridized carbons (Fsp3) is 0.393. The third-order valence-electron chi connectivity index (χ3n) is 5.64. The second kappa shape index (κ2) is 11.5. The Balaban J connectivity index is 0.00000218. The van der Waals surface area contributed by atoms with E-state index in [-0.39, 0.29) is 5.41 Å². The molecule has 0 bridgehead atoms. The zero-order chi connectivity index (χ0) is 22.9. The molecule has 1 atom stereocenters. The molecule has 1 aromatic rings. The highest BCUT2D eigenvalue weighted by molar-refractivity contribution is 6.05. The highest BCUT2D eigenvalue weighted by atomic mass is 15.1. The SMILES string of the molecule is C=C/C(C)=C\C=C(/C)C(C)(C)/C(=C/C=C/C1=Nc2ccccc2C1C)N(C)C.CC. The maximum absolute atomic E-state index is 4.79. The van der Waals surface area contributed by atoms with Crippen molar-refractivity contribution in [1.29, 1.82) is 0 Å². The van der Waals surface area contributed by atoms with Crippen molar-refractivity contribution in [2.45, 2.75) is 54.4 Å². The van der Waals surface area contributed by atoms with E-state index in [2.05, 4.69) is 109 Å². The highest BCUT2D eigenvalue weighted by Gasteiger charge is 2.26. The lowest BCUT2D eigenvalue weighted by atomic mass is 9.80. The zero-order valence-corrected chi connectivity index (χ0v) is 20.5. The number of benzene rings is 1. The van der Waals surface area contributed by atoms with Crippen LogP contribution in [0.1, 0.15) is 59.9 Å². The molecule has 1 aliphatic rings. The Kier molecular flexibility index (Phi) is 9.78.